The molecule has 0 unspecified atom stereocenters. The van der Waals surface area contributed by atoms with Crippen LogP contribution in [-0.4, -0.2) is 32.1 Å². The number of benzene rings is 4. The topological polar surface area (TPSA) is 94.2 Å². The summed E-state index contributed by atoms with van der Waals surface area (Å²) in [6, 6.07) is 23.0. The summed E-state index contributed by atoms with van der Waals surface area (Å²) in [6.45, 7) is 2.38. The number of ether oxygens (including phenoxy) is 3. The third-order valence-corrected chi connectivity index (χ3v) is 6.58. The van der Waals surface area contributed by atoms with Crippen LogP contribution in [0.4, 0.5) is 10.5 Å². The predicted octanol–water partition coefficient (Wildman–Crippen LogP) is 5.41. The molecule has 4 amide bonds. The molecule has 4 aromatic carbocycles. The second-order valence-corrected chi connectivity index (χ2v) is 8.94. The van der Waals surface area contributed by atoms with Gasteiger partial charge in [-0.2, -0.15) is 0 Å². The fourth-order valence-electron chi connectivity index (χ4n) is 4.47. The van der Waals surface area contributed by atoms with E-state index in [9.17, 15) is 14.4 Å². The average molecular weight is 523 g/mol. The number of rotatable bonds is 7. The zero-order chi connectivity index (χ0) is 27.5. The van der Waals surface area contributed by atoms with Crippen LogP contribution in [0.2, 0.25) is 0 Å². The molecule has 0 radical (unpaired) electrons. The van der Waals surface area contributed by atoms with Crippen LogP contribution in [0.15, 0.2) is 84.4 Å². The molecule has 8 nitrogen and oxygen atoms in total. The lowest BCUT2D eigenvalue weighted by Crippen LogP contribution is -2.54. The van der Waals surface area contributed by atoms with Crippen molar-refractivity contribution in [2.24, 2.45) is 0 Å². The van der Waals surface area contributed by atoms with Gasteiger partial charge in [-0.3, -0.25) is 14.9 Å². The van der Waals surface area contributed by atoms with E-state index in [1.165, 1.54) is 20.3 Å². The molecule has 1 N–H and O–H groups in total. The Morgan fingerprint density at radius 1 is 0.846 bits per heavy atom. The lowest BCUT2D eigenvalue weighted by atomic mass is 10.0. The Hall–Kier alpha value is -5.11. The minimum atomic E-state index is -0.822. The molecule has 39 heavy (non-hydrogen) atoms. The molecule has 5 rings (SSSR count). The van der Waals surface area contributed by atoms with Crippen molar-refractivity contribution in [3.05, 3.63) is 101 Å². The van der Waals surface area contributed by atoms with E-state index in [4.69, 9.17) is 14.2 Å². The van der Waals surface area contributed by atoms with Crippen molar-refractivity contribution < 1.29 is 28.6 Å². The Morgan fingerprint density at radius 3 is 2.36 bits per heavy atom. The van der Waals surface area contributed by atoms with Crippen LogP contribution in [0.5, 0.6) is 17.2 Å². The molecule has 0 spiro atoms. The smallest absolute Gasteiger partial charge is 0.335 e. The van der Waals surface area contributed by atoms with Crippen LogP contribution in [0.1, 0.15) is 16.7 Å². The zero-order valence-electron chi connectivity index (χ0n) is 21.7. The average Bonchev–Trinajstić information content (AvgIpc) is 2.95. The number of barbiturate groups is 1. The zero-order valence-corrected chi connectivity index (χ0v) is 21.7. The molecular weight excluding hydrogens is 496 g/mol. The number of fused-ring (bicyclic) bond motifs is 1. The van der Waals surface area contributed by atoms with Gasteiger partial charge in [0.1, 0.15) is 17.9 Å². The van der Waals surface area contributed by atoms with Crippen LogP contribution < -0.4 is 24.4 Å². The third kappa shape index (κ3) is 5.04. The second kappa shape index (κ2) is 10.7. The van der Waals surface area contributed by atoms with Crippen molar-refractivity contribution in [3.8, 4) is 17.2 Å². The standard InChI is InChI=1S/C31H26N2O6/c1-19-8-10-21-6-4-5-7-24(21)26(19)18-39-27-15-9-20(17-28(27)38-3)16-25-29(34)32-31(36)33(30(25)35)22-11-13-23(37-2)14-12-22/h4-17H,18H2,1-3H3,(H,32,34,36)/b25-16+. The molecule has 196 valence electrons. The molecule has 8 heteroatoms. The highest BCUT2D eigenvalue weighted by Gasteiger charge is 2.36. The van der Waals surface area contributed by atoms with Crippen molar-refractivity contribution in [1.29, 1.82) is 0 Å². The van der Waals surface area contributed by atoms with Crippen LogP contribution in [0, 0.1) is 6.92 Å². The Labute approximate surface area is 225 Å². The number of anilines is 1. The van der Waals surface area contributed by atoms with Gasteiger partial charge < -0.3 is 14.2 Å². The number of hydrogen-bond donors (Lipinski definition) is 1. The molecule has 1 aliphatic heterocycles. The van der Waals surface area contributed by atoms with E-state index >= 15 is 0 Å². The number of carbonyl (C=O) groups is 3. The fourth-order valence-corrected chi connectivity index (χ4v) is 4.47. The van der Waals surface area contributed by atoms with Crippen LogP contribution in [0.3, 0.4) is 0 Å². The van der Waals surface area contributed by atoms with Crippen LogP contribution >= 0.6 is 0 Å². The second-order valence-electron chi connectivity index (χ2n) is 8.94. The number of amides is 4. The van der Waals surface area contributed by atoms with Crippen LogP contribution in [0.25, 0.3) is 16.8 Å². The van der Waals surface area contributed by atoms with Gasteiger partial charge in [0.15, 0.2) is 11.5 Å². The van der Waals surface area contributed by atoms with E-state index in [2.05, 4.69) is 29.6 Å². The number of urea groups is 1. The summed E-state index contributed by atoms with van der Waals surface area (Å²) in [6.07, 6.45) is 1.42. The summed E-state index contributed by atoms with van der Waals surface area (Å²) in [4.78, 5) is 39.2. The number of imide groups is 2. The molecule has 4 aromatic rings. The lowest BCUT2D eigenvalue weighted by Gasteiger charge is -2.26. The van der Waals surface area contributed by atoms with Gasteiger partial charge in [0.2, 0.25) is 0 Å². The number of nitrogens with zero attached hydrogens (tertiary/aromatic N) is 1. The molecule has 1 heterocycles. The van der Waals surface area contributed by atoms with Crippen molar-refractivity contribution in [1.82, 2.24) is 5.32 Å². The van der Waals surface area contributed by atoms with E-state index in [1.807, 2.05) is 19.1 Å². The summed E-state index contributed by atoms with van der Waals surface area (Å²) in [5, 5.41) is 4.48. The molecule has 1 saturated heterocycles. The summed E-state index contributed by atoms with van der Waals surface area (Å²) >= 11 is 0. The monoisotopic (exact) mass is 522 g/mol. The van der Waals surface area contributed by atoms with Crippen molar-refractivity contribution in [2.45, 2.75) is 13.5 Å². The van der Waals surface area contributed by atoms with Crippen molar-refractivity contribution in [3.63, 3.8) is 0 Å². The summed E-state index contributed by atoms with van der Waals surface area (Å²) in [7, 11) is 3.04. The molecular formula is C31H26N2O6. The van der Waals surface area contributed by atoms with Crippen molar-refractivity contribution >= 4 is 40.4 Å². The maximum Gasteiger partial charge on any atom is 0.335 e. The van der Waals surface area contributed by atoms with E-state index in [0.717, 1.165) is 26.8 Å². The maximum atomic E-state index is 13.2. The minimum absolute atomic E-state index is 0.187. The third-order valence-electron chi connectivity index (χ3n) is 6.58. The first-order valence-corrected chi connectivity index (χ1v) is 12.2. The fraction of sp³-hybridized carbons (Fsp3) is 0.129. The van der Waals surface area contributed by atoms with Gasteiger partial charge in [0.05, 0.1) is 19.9 Å². The van der Waals surface area contributed by atoms with Crippen molar-refractivity contribution in [2.75, 3.05) is 19.1 Å². The van der Waals surface area contributed by atoms with Gasteiger partial charge in [0, 0.05) is 5.56 Å². The minimum Gasteiger partial charge on any atom is -0.497 e. The normalized spacial score (nSPS) is 14.5. The summed E-state index contributed by atoms with van der Waals surface area (Å²) in [5.41, 5.74) is 2.85. The highest BCUT2D eigenvalue weighted by atomic mass is 16.5. The van der Waals surface area contributed by atoms with E-state index in [1.54, 1.807) is 42.5 Å². The molecule has 0 atom stereocenters. The largest absolute Gasteiger partial charge is 0.497 e. The summed E-state index contributed by atoms with van der Waals surface area (Å²) in [5.74, 6) is 0.0102. The van der Waals surface area contributed by atoms with Crippen LogP contribution in [-0.2, 0) is 16.2 Å². The first kappa shape index (κ1) is 25.5. The molecule has 0 aromatic heterocycles. The number of carbonyl (C=O) groups excluding carboxylic acids is 3. The SMILES string of the molecule is COc1ccc(N2C(=O)NC(=O)/C(=C\c3ccc(OCc4c(C)ccc5ccccc45)c(OC)c3)C2=O)cc1. The highest BCUT2D eigenvalue weighted by Crippen LogP contribution is 2.32. The molecule has 0 saturated carbocycles. The van der Waals surface area contributed by atoms with E-state index < -0.39 is 17.8 Å². The van der Waals surface area contributed by atoms with Gasteiger partial charge in [-0.25, -0.2) is 9.69 Å². The Balaban J connectivity index is 1.41. The number of methoxy groups -OCH3 is 2. The number of aryl methyl sites for hydroxylation is 1. The lowest BCUT2D eigenvalue weighted by molar-refractivity contribution is -0.122. The highest BCUT2D eigenvalue weighted by molar-refractivity contribution is 6.39. The first-order chi connectivity index (χ1) is 18.9. The maximum absolute atomic E-state index is 13.2. The summed E-state index contributed by atoms with van der Waals surface area (Å²) < 4.78 is 16.8. The molecule has 1 fully saturated rings. The van der Waals surface area contributed by atoms with E-state index in [-0.39, 0.29) is 5.57 Å². The number of hydrogen-bond acceptors (Lipinski definition) is 6. The van der Waals surface area contributed by atoms with Gasteiger partial charge >= 0.3 is 6.03 Å². The van der Waals surface area contributed by atoms with Gasteiger partial charge in [0.25, 0.3) is 11.8 Å². The Bertz CT molecular complexity index is 1620. The molecule has 0 bridgehead atoms. The van der Waals surface area contributed by atoms with Gasteiger partial charge in [-0.05, 0) is 71.3 Å². The predicted molar refractivity (Wildman–Crippen MR) is 148 cm³/mol. The molecule has 0 aliphatic carbocycles. The molecule has 1 aliphatic rings. The quantitative estimate of drug-likeness (QED) is 0.258. The van der Waals surface area contributed by atoms with E-state index in [0.29, 0.717) is 35.1 Å². The van der Waals surface area contributed by atoms with Gasteiger partial charge in [-0.1, -0.05) is 42.5 Å². The Morgan fingerprint density at radius 2 is 1.62 bits per heavy atom. The first-order valence-electron chi connectivity index (χ1n) is 12.2. The van der Waals surface area contributed by atoms with Gasteiger partial charge in [-0.15, -0.1) is 0 Å². The Kier molecular flexibility index (Phi) is 7.01. The number of nitrogens with one attached hydrogen (secondary N) is 1.